The van der Waals surface area contributed by atoms with Crippen LogP contribution in [0, 0.1) is 0 Å². The third-order valence-corrected chi connectivity index (χ3v) is 2.24. The van der Waals surface area contributed by atoms with E-state index in [9.17, 15) is 4.79 Å². The number of aryl methyl sites for hydroxylation is 1. The van der Waals surface area contributed by atoms with Crippen molar-refractivity contribution in [2.24, 2.45) is 7.05 Å². The minimum Gasteiger partial charge on any atom is -0.309 e. The second-order valence-corrected chi connectivity index (χ2v) is 3.34. The molecule has 0 spiro atoms. The summed E-state index contributed by atoms with van der Waals surface area (Å²) in [5.74, 6) is 0. The predicted molar refractivity (Wildman–Crippen MR) is 54.2 cm³/mol. The molecular formula is C9H8N2OS. The predicted octanol–water partition coefficient (Wildman–Crippen LogP) is 1.22. The average molecular weight is 192 g/mol. The Morgan fingerprint density at radius 1 is 1.46 bits per heavy atom. The lowest BCUT2D eigenvalue weighted by Crippen LogP contribution is -2.16. The molecule has 0 atom stereocenters. The Kier molecular flexibility index (Phi) is 1.84. The second kappa shape index (κ2) is 2.88. The Bertz CT molecular complexity index is 518. The Morgan fingerprint density at radius 3 is 3.00 bits per heavy atom. The summed E-state index contributed by atoms with van der Waals surface area (Å²) in [6.45, 7) is 0. The summed E-state index contributed by atoms with van der Waals surface area (Å²) >= 11 is 4.19. The highest BCUT2D eigenvalue weighted by molar-refractivity contribution is 7.80. The lowest BCUT2D eigenvalue weighted by molar-refractivity contribution is 0.891. The standard InChI is InChI=1S/C9H8N2OS/c1-11-8-3-2-6(13)4-7(8)10-5-9(11)12/h2-5,13H,1H3. The van der Waals surface area contributed by atoms with E-state index in [1.807, 2.05) is 18.2 Å². The van der Waals surface area contributed by atoms with E-state index >= 15 is 0 Å². The van der Waals surface area contributed by atoms with Crippen molar-refractivity contribution in [1.29, 1.82) is 0 Å². The van der Waals surface area contributed by atoms with Crippen LogP contribution in [0.1, 0.15) is 0 Å². The molecule has 0 unspecified atom stereocenters. The largest absolute Gasteiger partial charge is 0.309 e. The molecule has 13 heavy (non-hydrogen) atoms. The summed E-state index contributed by atoms with van der Waals surface area (Å²) in [5.41, 5.74) is 1.51. The van der Waals surface area contributed by atoms with E-state index in [0.717, 1.165) is 15.9 Å². The minimum absolute atomic E-state index is 0.0978. The van der Waals surface area contributed by atoms with Gasteiger partial charge in [-0.2, -0.15) is 0 Å². The van der Waals surface area contributed by atoms with Crippen molar-refractivity contribution in [2.45, 2.75) is 4.90 Å². The highest BCUT2D eigenvalue weighted by Gasteiger charge is 1.99. The number of fused-ring (bicyclic) bond motifs is 1. The van der Waals surface area contributed by atoms with Crippen molar-refractivity contribution in [3.63, 3.8) is 0 Å². The number of hydrogen-bond donors (Lipinski definition) is 1. The molecule has 0 amide bonds. The van der Waals surface area contributed by atoms with Gasteiger partial charge in [0, 0.05) is 11.9 Å². The maximum Gasteiger partial charge on any atom is 0.269 e. The highest BCUT2D eigenvalue weighted by atomic mass is 32.1. The van der Waals surface area contributed by atoms with Crippen molar-refractivity contribution in [2.75, 3.05) is 0 Å². The van der Waals surface area contributed by atoms with Gasteiger partial charge in [-0.25, -0.2) is 4.98 Å². The number of rotatable bonds is 0. The lowest BCUT2D eigenvalue weighted by atomic mass is 10.3. The normalized spacial score (nSPS) is 10.6. The van der Waals surface area contributed by atoms with E-state index in [1.165, 1.54) is 6.20 Å². The third kappa shape index (κ3) is 1.33. The molecule has 2 rings (SSSR count). The Balaban J connectivity index is 2.95. The molecule has 0 saturated carbocycles. The number of thiol groups is 1. The lowest BCUT2D eigenvalue weighted by Gasteiger charge is -2.02. The molecule has 66 valence electrons. The van der Waals surface area contributed by atoms with Crippen LogP contribution in [0.5, 0.6) is 0 Å². The molecule has 1 heterocycles. The zero-order valence-electron chi connectivity index (χ0n) is 7.06. The summed E-state index contributed by atoms with van der Waals surface area (Å²) in [6, 6.07) is 5.51. The first kappa shape index (κ1) is 8.31. The van der Waals surface area contributed by atoms with Gasteiger partial charge >= 0.3 is 0 Å². The molecule has 0 aliphatic heterocycles. The van der Waals surface area contributed by atoms with Crippen LogP contribution in [0.25, 0.3) is 11.0 Å². The van der Waals surface area contributed by atoms with Gasteiger partial charge in [0.1, 0.15) is 0 Å². The molecule has 0 aliphatic rings. The van der Waals surface area contributed by atoms with Crippen LogP contribution in [-0.4, -0.2) is 9.55 Å². The highest BCUT2D eigenvalue weighted by Crippen LogP contribution is 2.13. The molecule has 0 fully saturated rings. The fourth-order valence-electron chi connectivity index (χ4n) is 1.23. The van der Waals surface area contributed by atoms with Crippen molar-refractivity contribution in [3.05, 3.63) is 34.7 Å². The maximum atomic E-state index is 11.2. The average Bonchev–Trinajstić information content (AvgIpc) is 2.12. The van der Waals surface area contributed by atoms with Gasteiger partial charge in [0.05, 0.1) is 17.2 Å². The quantitative estimate of drug-likeness (QED) is 0.637. The van der Waals surface area contributed by atoms with Crippen LogP contribution in [0.2, 0.25) is 0 Å². The number of benzene rings is 1. The van der Waals surface area contributed by atoms with Crippen LogP contribution >= 0.6 is 12.6 Å². The molecule has 4 heteroatoms. The van der Waals surface area contributed by atoms with E-state index in [1.54, 1.807) is 11.6 Å². The molecule has 0 radical (unpaired) electrons. The molecule has 0 bridgehead atoms. The first-order valence-corrected chi connectivity index (χ1v) is 4.28. The van der Waals surface area contributed by atoms with Gasteiger partial charge < -0.3 is 4.57 Å². The van der Waals surface area contributed by atoms with Gasteiger partial charge in [0.15, 0.2) is 0 Å². The van der Waals surface area contributed by atoms with Gasteiger partial charge in [0.2, 0.25) is 0 Å². The molecule has 0 N–H and O–H groups in total. The number of nitrogens with zero attached hydrogens (tertiary/aromatic N) is 2. The van der Waals surface area contributed by atoms with Crippen LogP contribution in [0.4, 0.5) is 0 Å². The Hall–Kier alpha value is -1.29. The maximum absolute atomic E-state index is 11.2. The van der Waals surface area contributed by atoms with Gasteiger partial charge in [-0.1, -0.05) is 0 Å². The van der Waals surface area contributed by atoms with Crippen molar-refractivity contribution >= 4 is 23.7 Å². The monoisotopic (exact) mass is 192 g/mol. The van der Waals surface area contributed by atoms with Gasteiger partial charge in [-0.05, 0) is 18.2 Å². The summed E-state index contributed by atoms with van der Waals surface area (Å²) in [5, 5.41) is 0. The zero-order chi connectivity index (χ0) is 9.42. The molecule has 3 nitrogen and oxygen atoms in total. The van der Waals surface area contributed by atoms with Gasteiger partial charge in [0.25, 0.3) is 5.56 Å². The number of hydrogen-bond acceptors (Lipinski definition) is 3. The van der Waals surface area contributed by atoms with E-state index in [4.69, 9.17) is 0 Å². The van der Waals surface area contributed by atoms with Crippen molar-refractivity contribution in [3.8, 4) is 0 Å². The summed E-state index contributed by atoms with van der Waals surface area (Å²) in [4.78, 5) is 16.1. The van der Waals surface area contributed by atoms with Crippen LogP contribution in [-0.2, 0) is 7.05 Å². The van der Waals surface area contributed by atoms with E-state index in [0.29, 0.717) is 0 Å². The number of aromatic nitrogens is 2. The molecule has 1 aromatic carbocycles. The van der Waals surface area contributed by atoms with Crippen molar-refractivity contribution in [1.82, 2.24) is 9.55 Å². The minimum atomic E-state index is -0.0978. The molecule has 2 aromatic rings. The summed E-state index contributed by atoms with van der Waals surface area (Å²) in [7, 11) is 1.73. The smallest absolute Gasteiger partial charge is 0.269 e. The zero-order valence-corrected chi connectivity index (χ0v) is 7.95. The summed E-state index contributed by atoms with van der Waals surface area (Å²) in [6.07, 6.45) is 1.32. The Labute approximate surface area is 80.4 Å². The first-order chi connectivity index (χ1) is 6.18. The fraction of sp³-hybridized carbons (Fsp3) is 0.111. The van der Waals surface area contributed by atoms with E-state index in [-0.39, 0.29) is 5.56 Å². The molecule has 0 aliphatic carbocycles. The second-order valence-electron chi connectivity index (χ2n) is 2.83. The Morgan fingerprint density at radius 2 is 2.23 bits per heavy atom. The topological polar surface area (TPSA) is 34.9 Å². The third-order valence-electron chi connectivity index (χ3n) is 1.97. The molecule has 0 saturated heterocycles. The first-order valence-electron chi connectivity index (χ1n) is 3.83. The van der Waals surface area contributed by atoms with Crippen LogP contribution in [0.15, 0.2) is 34.1 Å². The van der Waals surface area contributed by atoms with Crippen LogP contribution in [0.3, 0.4) is 0 Å². The van der Waals surface area contributed by atoms with Crippen LogP contribution < -0.4 is 5.56 Å². The van der Waals surface area contributed by atoms with Gasteiger partial charge in [-0.15, -0.1) is 12.6 Å². The molecular weight excluding hydrogens is 184 g/mol. The van der Waals surface area contributed by atoms with Gasteiger partial charge in [-0.3, -0.25) is 4.79 Å². The molecule has 1 aromatic heterocycles. The van der Waals surface area contributed by atoms with Crippen molar-refractivity contribution < 1.29 is 0 Å². The fourth-order valence-corrected chi connectivity index (χ4v) is 1.43. The van der Waals surface area contributed by atoms with E-state index < -0.39 is 0 Å². The van der Waals surface area contributed by atoms with E-state index in [2.05, 4.69) is 17.6 Å². The SMILES string of the molecule is Cn1c(=O)cnc2cc(S)ccc21. The summed E-state index contributed by atoms with van der Waals surface area (Å²) < 4.78 is 1.57.